The van der Waals surface area contributed by atoms with Crippen molar-refractivity contribution in [2.45, 2.75) is 23.2 Å². The van der Waals surface area contributed by atoms with Crippen molar-refractivity contribution < 1.29 is 21.3 Å². The summed E-state index contributed by atoms with van der Waals surface area (Å²) in [5, 5.41) is 1.68. The monoisotopic (exact) mass is 361 g/mol. The van der Waals surface area contributed by atoms with E-state index in [2.05, 4.69) is 0 Å². The van der Waals surface area contributed by atoms with Crippen LogP contribution < -0.4 is 0 Å². The van der Waals surface area contributed by atoms with E-state index in [0.717, 1.165) is 11.3 Å². The molecular formula is C13H15NO5S3. The Labute approximate surface area is 133 Å². The summed E-state index contributed by atoms with van der Waals surface area (Å²) < 4.78 is 55.8. The van der Waals surface area contributed by atoms with Crippen LogP contribution in [0.1, 0.15) is 12.2 Å². The van der Waals surface area contributed by atoms with Gasteiger partial charge in [-0.1, -0.05) is 6.07 Å². The van der Waals surface area contributed by atoms with Crippen LogP contribution in [0.2, 0.25) is 0 Å². The molecule has 9 heteroatoms. The highest BCUT2D eigenvalue weighted by Crippen LogP contribution is 2.29. The van der Waals surface area contributed by atoms with E-state index < -0.39 is 25.9 Å². The molecule has 1 aliphatic heterocycles. The molecule has 0 spiro atoms. The predicted octanol–water partition coefficient (Wildman–Crippen LogP) is 1.72. The first-order valence-electron chi connectivity index (χ1n) is 6.67. The third-order valence-corrected chi connectivity index (χ3v) is 8.59. The van der Waals surface area contributed by atoms with E-state index in [1.165, 1.54) is 16.6 Å². The third-order valence-electron chi connectivity index (χ3n) is 3.57. The molecule has 2 aromatic rings. The lowest BCUT2D eigenvalue weighted by molar-refractivity contribution is 0.307. The fourth-order valence-corrected chi connectivity index (χ4v) is 7.06. The number of thiophene rings is 1. The lowest BCUT2D eigenvalue weighted by atomic mass is 10.2. The summed E-state index contributed by atoms with van der Waals surface area (Å²) in [4.78, 5) is 0. The number of nitrogens with zero attached hydrogens (tertiary/aromatic N) is 1. The van der Waals surface area contributed by atoms with Gasteiger partial charge < -0.3 is 4.42 Å². The van der Waals surface area contributed by atoms with Crippen molar-refractivity contribution in [3.8, 4) is 0 Å². The number of hydrogen-bond donors (Lipinski definition) is 0. The van der Waals surface area contributed by atoms with Gasteiger partial charge in [-0.2, -0.15) is 4.31 Å². The Bertz CT molecular complexity index is 822. The zero-order chi connectivity index (χ0) is 15.8. The first kappa shape index (κ1) is 15.7. The van der Waals surface area contributed by atoms with Gasteiger partial charge in [0.15, 0.2) is 9.84 Å². The minimum absolute atomic E-state index is 0.0201. The van der Waals surface area contributed by atoms with Crippen molar-refractivity contribution in [1.29, 1.82) is 0 Å². The Hall–Kier alpha value is -1.16. The zero-order valence-corrected chi connectivity index (χ0v) is 14.0. The molecular weight excluding hydrogens is 346 g/mol. The minimum atomic E-state index is -3.74. The average molecular weight is 361 g/mol. The smallest absolute Gasteiger partial charge is 0.253 e. The van der Waals surface area contributed by atoms with E-state index in [1.807, 2.05) is 0 Å². The molecule has 0 amide bonds. The van der Waals surface area contributed by atoms with E-state index in [-0.39, 0.29) is 22.3 Å². The van der Waals surface area contributed by atoms with Crippen molar-refractivity contribution in [3.63, 3.8) is 0 Å². The minimum Gasteiger partial charge on any atom is -0.468 e. The Morgan fingerprint density at radius 2 is 2.14 bits per heavy atom. The average Bonchev–Trinajstić information content (AvgIpc) is 3.17. The second-order valence-corrected chi connectivity index (χ2v) is 10.4. The largest absolute Gasteiger partial charge is 0.468 e. The van der Waals surface area contributed by atoms with E-state index in [4.69, 9.17) is 4.42 Å². The van der Waals surface area contributed by atoms with Crippen LogP contribution in [0.5, 0.6) is 0 Å². The molecule has 3 heterocycles. The standard InChI is InChI=1S/C13H15NO5S3/c15-21(16)8-5-11(10-21)14(9-12-3-1-6-19-12)22(17,18)13-4-2-7-20-13/h1-4,6-7,11H,5,8-10H2/t11-/m1/s1. The molecule has 3 rings (SSSR count). The van der Waals surface area contributed by atoms with Gasteiger partial charge in [0.05, 0.1) is 24.3 Å². The predicted molar refractivity (Wildman–Crippen MR) is 82.8 cm³/mol. The van der Waals surface area contributed by atoms with Crippen LogP contribution in [0.4, 0.5) is 0 Å². The van der Waals surface area contributed by atoms with Crippen molar-refractivity contribution in [1.82, 2.24) is 4.31 Å². The molecule has 120 valence electrons. The van der Waals surface area contributed by atoms with Crippen LogP contribution in [0.15, 0.2) is 44.5 Å². The lowest BCUT2D eigenvalue weighted by Crippen LogP contribution is -2.40. The summed E-state index contributed by atoms with van der Waals surface area (Å²) in [6.07, 6.45) is 1.78. The molecule has 6 nitrogen and oxygen atoms in total. The van der Waals surface area contributed by atoms with E-state index in [1.54, 1.807) is 23.6 Å². The van der Waals surface area contributed by atoms with Gasteiger partial charge in [0.25, 0.3) is 10.0 Å². The van der Waals surface area contributed by atoms with Gasteiger partial charge in [-0.15, -0.1) is 11.3 Å². The second-order valence-electron chi connectivity index (χ2n) is 5.12. The Balaban J connectivity index is 1.96. The highest BCUT2D eigenvalue weighted by atomic mass is 32.2. The third kappa shape index (κ3) is 3.12. The maximum absolute atomic E-state index is 12.8. The first-order chi connectivity index (χ1) is 10.4. The number of furan rings is 1. The lowest BCUT2D eigenvalue weighted by Gasteiger charge is -2.25. The van der Waals surface area contributed by atoms with Gasteiger partial charge >= 0.3 is 0 Å². The summed E-state index contributed by atoms with van der Waals surface area (Å²) in [6.45, 7) is 0.0351. The number of rotatable bonds is 5. The fraction of sp³-hybridized carbons (Fsp3) is 0.385. The molecule has 0 unspecified atom stereocenters. The Morgan fingerprint density at radius 1 is 1.32 bits per heavy atom. The van der Waals surface area contributed by atoms with Crippen molar-refractivity contribution >= 4 is 31.2 Å². The van der Waals surface area contributed by atoms with Crippen LogP contribution in [0.3, 0.4) is 0 Å². The van der Waals surface area contributed by atoms with Crippen molar-refractivity contribution in [2.75, 3.05) is 11.5 Å². The molecule has 1 saturated heterocycles. The highest BCUT2D eigenvalue weighted by Gasteiger charge is 2.39. The molecule has 0 aromatic carbocycles. The van der Waals surface area contributed by atoms with Crippen LogP contribution >= 0.6 is 11.3 Å². The number of sulfone groups is 1. The highest BCUT2D eigenvalue weighted by molar-refractivity contribution is 7.92. The Kier molecular flexibility index (Phi) is 4.15. The fourth-order valence-electron chi connectivity index (χ4n) is 2.49. The topological polar surface area (TPSA) is 84.7 Å². The zero-order valence-electron chi connectivity index (χ0n) is 11.6. The van der Waals surface area contributed by atoms with Gasteiger partial charge in [0.1, 0.15) is 9.97 Å². The normalized spacial score (nSPS) is 21.4. The second kappa shape index (κ2) is 5.80. The quantitative estimate of drug-likeness (QED) is 0.809. The van der Waals surface area contributed by atoms with Gasteiger partial charge in [-0.05, 0) is 30.0 Å². The summed E-state index contributed by atoms with van der Waals surface area (Å²) in [5.74, 6) is 0.370. The van der Waals surface area contributed by atoms with Crippen LogP contribution in [-0.4, -0.2) is 38.7 Å². The van der Waals surface area contributed by atoms with Gasteiger partial charge in [-0.25, -0.2) is 16.8 Å². The van der Waals surface area contributed by atoms with Gasteiger partial charge in [0.2, 0.25) is 0 Å². The van der Waals surface area contributed by atoms with Crippen LogP contribution in [0, 0.1) is 0 Å². The summed E-state index contributed by atoms with van der Waals surface area (Å²) >= 11 is 1.12. The van der Waals surface area contributed by atoms with Gasteiger partial charge in [0, 0.05) is 6.04 Å². The molecule has 1 atom stereocenters. The molecule has 0 aliphatic carbocycles. The molecule has 1 fully saturated rings. The molecule has 0 bridgehead atoms. The molecule has 22 heavy (non-hydrogen) atoms. The molecule has 0 N–H and O–H groups in total. The maximum Gasteiger partial charge on any atom is 0.253 e. The first-order valence-corrected chi connectivity index (χ1v) is 10.8. The molecule has 0 saturated carbocycles. The maximum atomic E-state index is 12.8. The SMILES string of the molecule is O=S1(=O)CC[C@@H](N(Cc2ccco2)S(=O)(=O)c2cccs2)C1. The van der Waals surface area contributed by atoms with Crippen molar-refractivity contribution in [3.05, 3.63) is 41.7 Å². The molecule has 1 aliphatic rings. The van der Waals surface area contributed by atoms with E-state index in [0.29, 0.717) is 12.2 Å². The van der Waals surface area contributed by atoms with Crippen LogP contribution in [0.25, 0.3) is 0 Å². The molecule has 2 aromatic heterocycles. The summed E-state index contributed by atoms with van der Waals surface area (Å²) in [6, 6.07) is 5.99. The van der Waals surface area contributed by atoms with E-state index in [9.17, 15) is 16.8 Å². The molecule has 0 radical (unpaired) electrons. The Morgan fingerprint density at radius 3 is 2.68 bits per heavy atom. The summed E-state index contributed by atoms with van der Waals surface area (Å²) in [5.41, 5.74) is 0. The summed E-state index contributed by atoms with van der Waals surface area (Å²) in [7, 11) is -6.92. The van der Waals surface area contributed by atoms with Crippen molar-refractivity contribution in [2.24, 2.45) is 0 Å². The van der Waals surface area contributed by atoms with Crippen LogP contribution in [-0.2, 0) is 26.4 Å². The van der Waals surface area contributed by atoms with Gasteiger partial charge in [-0.3, -0.25) is 0 Å². The number of sulfonamides is 1. The van der Waals surface area contributed by atoms with E-state index >= 15 is 0 Å². The number of hydrogen-bond acceptors (Lipinski definition) is 6.